The Kier molecular flexibility index (Phi) is 5.47. The normalized spacial score (nSPS) is 14.2. The molecule has 1 rings (SSSR count). The number of nitrogens with zero attached hydrogens (tertiary/aromatic N) is 3. The number of hydrogen-bond acceptors (Lipinski definition) is 5. The molecule has 6 nitrogen and oxygen atoms in total. The minimum Gasteiger partial charge on any atom is -0.465 e. The lowest BCUT2D eigenvalue weighted by atomic mass is 9.96. The van der Waals surface area contributed by atoms with Crippen molar-refractivity contribution in [2.45, 2.75) is 59.0 Å². The van der Waals surface area contributed by atoms with Crippen LogP contribution in [0.2, 0.25) is 0 Å². The van der Waals surface area contributed by atoms with E-state index in [4.69, 9.17) is 10.5 Å². The number of aryl methyl sites for hydroxylation is 3. The molecular formula is C13H24N4O2. The molecule has 0 saturated carbocycles. The van der Waals surface area contributed by atoms with E-state index in [1.54, 1.807) is 13.8 Å². The first-order valence-electron chi connectivity index (χ1n) is 6.71. The van der Waals surface area contributed by atoms with Crippen LogP contribution in [0.4, 0.5) is 0 Å². The first kappa shape index (κ1) is 15.6. The van der Waals surface area contributed by atoms with Crippen LogP contribution in [-0.4, -0.2) is 32.9 Å². The zero-order valence-electron chi connectivity index (χ0n) is 12.3. The van der Waals surface area contributed by atoms with Crippen LogP contribution in [-0.2, 0) is 16.1 Å². The molecule has 0 saturated heterocycles. The topological polar surface area (TPSA) is 83.0 Å². The molecule has 0 amide bonds. The average Bonchev–Trinajstić information content (AvgIpc) is 2.64. The van der Waals surface area contributed by atoms with Crippen LogP contribution in [0.5, 0.6) is 0 Å². The first-order valence-corrected chi connectivity index (χ1v) is 6.71. The molecule has 0 spiro atoms. The summed E-state index contributed by atoms with van der Waals surface area (Å²) < 4.78 is 6.84. The molecule has 1 unspecified atom stereocenters. The van der Waals surface area contributed by atoms with Gasteiger partial charge < -0.3 is 10.5 Å². The molecular weight excluding hydrogens is 244 g/mol. The van der Waals surface area contributed by atoms with E-state index in [-0.39, 0.29) is 5.97 Å². The molecule has 19 heavy (non-hydrogen) atoms. The SMILES string of the molecule is CCOC(=O)C(C)(N)CCCCn1nc(C)nc1C. The van der Waals surface area contributed by atoms with Gasteiger partial charge in [-0.05, 0) is 47.0 Å². The zero-order chi connectivity index (χ0) is 14.5. The van der Waals surface area contributed by atoms with Gasteiger partial charge in [-0.1, -0.05) is 0 Å². The third-order valence-corrected chi connectivity index (χ3v) is 3.02. The summed E-state index contributed by atoms with van der Waals surface area (Å²) in [5, 5.41) is 4.29. The second kappa shape index (κ2) is 6.65. The van der Waals surface area contributed by atoms with Gasteiger partial charge in [-0.25, -0.2) is 4.98 Å². The smallest absolute Gasteiger partial charge is 0.325 e. The Morgan fingerprint density at radius 1 is 1.42 bits per heavy atom. The van der Waals surface area contributed by atoms with Crippen molar-refractivity contribution in [3.8, 4) is 0 Å². The highest BCUT2D eigenvalue weighted by atomic mass is 16.5. The van der Waals surface area contributed by atoms with Crippen LogP contribution in [0.3, 0.4) is 0 Å². The number of aromatic nitrogens is 3. The Hall–Kier alpha value is -1.43. The number of esters is 1. The van der Waals surface area contributed by atoms with Crippen molar-refractivity contribution in [1.82, 2.24) is 14.8 Å². The van der Waals surface area contributed by atoms with Gasteiger partial charge in [0, 0.05) is 6.54 Å². The Labute approximate surface area is 114 Å². The number of nitrogens with two attached hydrogens (primary N) is 1. The number of rotatable bonds is 7. The van der Waals surface area contributed by atoms with E-state index in [1.165, 1.54) is 0 Å². The molecule has 0 aliphatic carbocycles. The van der Waals surface area contributed by atoms with Gasteiger partial charge in [-0.15, -0.1) is 0 Å². The molecule has 0 bridgehead atoms. The van der Waals surface area contributed by atoms with Crippen molar-refractivity contribution in [2.75, 3.05) is 6.61 Å². The van der Waals surface area contributed by atoms with Gasteiger partial charge in [-0.2, -0.15) is 5.10 Å². The number of unbranched alkanes of at least 4 members (excludes halogenated alkanes) is 1. The highest BCUT2D eigenvalue weighted by molar-refractivity contribution is 5.79. The summed E-state index contributed by atoms with van der Waals surface area (Å²) in [4.78, 5) is 15.9. The predicted molar refractivity (Wildman–Crippen MR) is 72.6 cm³/mol. The lowest BCUT2D eigenvalue weighted by Gasteiger charge is -2.21. The highest BCUT2D eigenvalue weighted by Gasteiger charge is 2.29. The lowest BCUT2D eigenvalue weighted by Crippen LogP contribution is -2.46. The second-order valence-electron chi connectivity index (χ2n) is 5.02. The number of ether oxygens (including phenoxy) is 1. The second-order valence-corrected chi connectivity index (χ2v) is 5.02. The van der Waals surface area contributed by atoms with E-state index in [0.717, 1.165) is 31.0 Å². The van der Waals surface area contributed by atoms with Crippen molar-refractivity contribution in [1.29, 1.82) is 0 Å². The van der Waals surface area contributed by atoms with E-state index in [0.29, 0.717) is 13.0 Å². The fourth-order valence-corrected chi connectivity index (χ4v) is 1.92. The van der Waals surface area contributed by atoms with Crippen LogP contribution in [0.15, 0.2) is 0 Å². The van der Waals surface area contributed by atoms with Crippen LogP contribution < -0.4 is 5.73 Å². The van der Waals surface area contributed by atoms with Crippen LogP contribution in [0.25, 0.3) is 0 Å². The summed E-state index contributed by atoms with van der Waals surface area (Å²) in [6.45, 7) is 8.47. The minimum atomic E-state index is -0.899. The van der Waals surface area contributed by atoms with Crippen molar-refractivity contribution >= 4 is 5.97 Å². The standard InChI is InChI=1S/C13H24N4O2/c1-5-19-12(18)13(4,14)8-6-7-9-17-11(3)15-10(2)16-17/h5-9,14H2,1-4H3. The zero-order valence-corrected chi connectivity index (χ0v) is 12.3. The maximum absolute atomic E-state index is 11.6. The van der Waals surface area contributed by atoms with Crippen molar-refractivity contribution in [2.24, 2.45) is 5.73 Å². The van der Waals surface area contributed by atoms with Gasteiger partial charge >= 0.3 is 5.97 Å². The third kappa shape index (κ3) is 4.63. The lowest BCUT2D eigenvalue weighted by molar-refractivity contribution is -0.149. The summed E-state index contributed by atoms with van der Waals surface area (Å²) in [5.41, 5.74) is 5.05. The third-order valence-electron chi connectivity index (χ3n) is 3.02. The number of carbonyl (C=O) groups is 1. The Bertz CT molecular complexity index is 426. The molecule has 0 fully saturated rings. The van der Waals surface area contributed by atoms with Crippen molar-refractivity contribution in [3.63, 3.8) is 0 Å². The monoisotopic (exact) mass is 268 g/mol. The van der Waals surface area contributed by atoms with Gasteiger partial charge in [0.1, 0.15) is 17.2 Å². The molecule has 1 atom stereocenters. The molecule has 0 aliphatic heterocycles. The fraction of sp³-hybridized carbons (Fsp3) is 0.769. The Morgan fingerprint density at radius 3 is 2.63 bits per heavy atom. The van der Waals surface area contributed by atoms with E-state index < -0.39 is 5.54 Å². The van der Waals surface area contributed by atoms with Crippen LogP contribution in [0, 0.1) is 13.8 Å². The van der Waals surface area contributed by atoms with E-state index in [2.05, 4.69) is 10.1 Å². The maximum Gasteiger partial charge on any atom is 0.325 e. The molecule has 1 aromatic rings. The van der Waals surface area contributed by atoms with E-state index >= 15 is 0 Å². The fourth-order valence-electron chi connectivity index (χ4n) is 1.92. The molecule has 0 aliphatic rings. The molecule has 0 radical (unpaired) electrons. The maximum atomic E-state index is 11.6. The van der Waals surface area contributed by atoms with Crippen LogP contribution in [0.1, 0.15) is 44.8 Å². The Balaban J connectivity index is 2.34. The number of hydrogen-bond donors (Lipinski definition) is 1. The molecule has 1 aromatic heterocycles. The molecule has 108 valence electrons. The molecule has 0 aromatic carbocycles. The summed E-state index contributed by atoms with van der Waals surface area (Å²) in [6.07, 6.45) is 2.37. The van der Waals surface area contributed by atoms with Gasteiger partial charge in [0.15, 0.2) is 0 Å². The van der Waals surface area contributed by atoms with E-state index in [1.807, 2.05) is 18.5 Å². The quantitative estimate of drug-likeness (QED) is 0.596. The summed E-state index contributed by atoms with van der Waals surface area (Å²) in [5.74, 6) is 1.37. The van der Waals surface area contributed by atoms with Gasteiger partial charge in [0.2, 0.25) is 0 Å². The number of carbonyl (C=O) groups excluding carboxylic acids is 1. The van der Waals surface area contributed by atoms with Crippen molar-refractivity contribution in [3.05, 3.63) is 11.6 Å². The molecule has 2 N–H and O–H groups in total. The Morgan fingerprint density at radius 2 is 2.11 bits per heavy atom. The molecule has 6 heteroatoms. The summed E-state index contributed by atoms with van der Waals surface area (Å²) in [6, 6.07) is 0. The highest BCUT2D eigenvalue weighted by Crippen LogP contribution is 2.13. The minimum absolute atomic E-state index is 0.331. The van der Waals surface area contributed by atoms with Crippen molar-refractivity contribution < 1.29 is 9.53 Å². The average molecular weight is 268 g/mol. The summed E-state index contributed by atoms with van der Waals surface area (Å²) >= 11 is 0. The molecule has 1 heterocycles. The van der Waals surface area contributed by atoms with Crippen LogP contribution >= 0.6 is 0 Å². The largest absolute Gasteiger partial charge is 0.465 e. The van der Waals surface area contributed by atoms with Gasteiger partial charge in [0.25, 0.3) is 0 Å². The predicted octanol–water partition coefficient (Wildman–Crippen LogP) is 1.35. The summed E-state index contributed by atoms with van der Waals surface area (Å²) in [7, 11) is 0. The first-order chi connectivity index (χ1) is 8.86. The van der Waals surface area contributed by atoms with Gasteiger partial charge in [0.05, 0.1) is 6.61 Å². The van der Waals surface area contributed by atoms with E-state index in [9.17, 15) is 4.79 Å². The van der Waals surface area contributed by atoms with Gasteiger partial charge in [-0.3, -0.25) is 9.48 Å².